The highest BCUT2D eigenvalue weighted by Gasteiger charge is 2.20. The van der Waals surface area contributed by atoms with Crippen LogP contribution < -0.4 is 0 Å². The van der Waals surface area contributed by atoms with Crippen molar-refractivity contribution in [3.63, 3.8) is 0 Å². The van der Waals surface area contributed by atoms with Crippen LogP contribution in [0.2, 0.25) is 0 Å². The van der Waals surface area contributed by atoms with Gasteiger partial charge in [-0.2, -0.15) is 0 Å². The quantitative estimate of drug-likeness (QED) is 0.697. The van der Waals surface area contributed by atoms with Crippen molar-refractivity contribution >= 4 is 22.6 Å². The summed E-state index contributed by atoms with van der Waals surface area (Å²) in [7, 11) is 0. The second-order valence-electron chi connectivity index (χ2n) is 2.34. The first-order chi connectivity index (χ1) is 5.65. The van der Waals surface area contributed by atoms with Crippen LogP contribution in [0.25, 0.3) is 0 Å². The minimum atomic E-state index is -1.19. The summed E-state index contributed by atoms with van der Waals surface area (Å²) in [5, 5.41) is 26.8. The molecule has 0 amide bonds. The van der Waals surface area contributed by atoms with E-state index in [-0.39, 0.29) is 5.76 Å². The Labute approximate surface area is 83.0 Å². The molecule has 68 valence electrons. The van der Waals surface area contributed by atoms with Gasteiger partial charge >= 0.3 is 0 Å². The van der Waals surface area contributed by atoms with E-state index in [4.69, 9.17) is 14.6 Å². The van der Waals surface area contributed by atoms with Gasteiger partial charge in [-0.25, -0.2) is 0 Å². The monoisotopic (exact) mass is 284 g/mol. The summed E-state index contributed by atoms with van der Waals surface area (Å²) in [5.41, 5.74) is 0. The van der Waals surface area contributed by atoms with E-state index in [2.05, 4.69) is 0 Å². The first-order valence-electron chi connectivity index (χ1n) is 3.37. The number of hydrogen-bond acceptors (Lipinski definition) is 4. The molecule has 2 unspecified atom stereocenters. The van der Waals surface area contributed by atoms with Crippen molar-refractivity contribution in [1.82, 2.24) is 0 Å². The molecule has 0 aliphatic heterocycles. The summed E-state index contributed by atoms with van der Waals surface area (Å²) in [6, 6.07) is 3.23. The molecule has 2 atom stereocenters. The van der Waals surface area contributed by atoms with E-state index < -0.39 is 18.8 Å². The molecule has 1 aromatic rings. The average molecular weight is 284 g/mol. The van der Waals surface area contributed by atoms with E-state index in [0.29, 0.717) is 3.77 Å². The number of aliphatic hydroxyl groups excluding tert-OH is 3. The lowest BCUT2D eigenvalue weighted by Crippen LogP contribution is -2.21. The van der Waals surface area contributed by atoms with Gasteiger partial charge in [0, 0.05) is 0 Å². The molecular weight excluding hydrogens is 275 g/mol. The molecule has 0 radical (unpaired) electrons. The third-order valence-corrected chi connectivity index (χ3v) is 2.02. The van der Waals surface area contributed by atoms with Gasteiger partial charge in [0.2, 0.25) is 0 Å². The highest BCUT2D eigenvalue weighted by Crippen LogP contribution is 2.20. The van der Waals surface area contributed by atoms with E-state index in [1.165, 1.54) is 0 Å². The molecule has 0 fully saturated rings. The van der Waals surface area contributed by atoms with Crippen LogP contribution in [0.5, 0.6) is 0 Å². The van der Waals surface area contributed by atoms with E-state index in [1.807, 2.05) is 22.6 Å². The van der Waals surface area contributed by atoms with Crippen molar-refractivity contribution < 1.29 is 19.7 Å². The topological polar surface area (TPSA) is 73.8 Å². The van der Waals surface area contributed by atoms with Crippen LogP contribution in [0.1, 0.15) is 11.9 Å². The lowest BCUT2D eigenvalue weighted by molar-refractivity contribution is -0.0255. The largest absolute Gasteiger partial charge is 0.453 e. The van der Waals surface area contributed by atoms with Gasteiger partial charge in [0.05, 0.1) is 6.61 Å². The predicted octanol–water partition coefficient (Wildman–Crippen LogP) is 0.271. The number of rotatable bonds is 3. The minimum Gasteiger partial charge on any atom is -0.453 e. The van der Waals surface area contributed by atoms with Gasteiger partial charge in [-0.3, -0.25) is 0 Å². The van der Waals surface area contributed by atoms with Crippen LogP contribution in [0.4, 0.5) is 0 Å². The zero-order chi connectivity index (χ0) is 9.14. The average Bonchev–Trinajstić information content (AvgIpc) is 2.49. The summed E-state index contributed by atoms with van der Waals surface area (Å²) in [6.07, 6.45) is -2.34. The summed E-state index contributed by atoms with van der Waals surface area (Å²) < 4.78 is 5.67. The SMILES string of the molecule is OCC(O)C(O)c1ccc(I)o1. The van der Waals surface area contributed by atoms with Crippen LogP contribution in [0, 0.1) is 3.77 Å². The molecule has 0 aromatic carbocycles. The first-order valence-corrected chi connectivity index (χ1v) is 4.45. The lowest BCUT2D eigenvalue weighted by atomic mass is 10.2. The van der Waals surface area contributed by atoms with Gasteiger partial charge in [-0.1, -0.05) is 0 Å². The normalized spacial score (nSPS) is 16.0. The number of halogens is 1. The fourth-order valence-corrected chi connectivity index (χ4v) is 1.21. The second-order valence-corrected chi connectivity index (χ2v) is 3.40. The molecule has 0 saturated carbocycles. The molecule has 4 nitrogen and oxygen atoms in total. The third-order valence-electron chi connectivity index (χ3n) is 1.44. The number of hydrogen-bond donors (Lipinski definition) is 3. The fourth-order valence-electron chi connectivity index (χ4n) is 0.777. The van der Waals surface area contributed by atoms with Gasteiger partial charge in [0.1, 0.15) is 18.0 Å². The Kier molecular flexibility index (Phi) is 3.51. The van der Waals surface area contributed by atoms with Gasteiger partial charge in [0.15, 0.2) is 3.77 Å². The third kappa shape index (κ3) is 2.19. The molecule has 0 spiro atoms. The summed E-state index contributed by atoms with van der Waals surface area (Å²) >= 11 is 1.95. The van der Waals surface area contributed by atoms with Crippen LogP contribution >= 0.6 is 22.6 Å². The van der Waals surface area contributed by atoms with Crippen LogP contribution in [0.15, 0.2) is 16.5 Å². The van der Waals surface area contributed by atoms with Crippen molar-refractivity contribution in [3.8, 4) is 0 Å². The maximum absolute atomic E-state index is 9.30. The van der Waals surface area contributed by atoms with Gasteiger partial charge in [0.25, 0.3) is 0 Å². The molecular formula is C7H9IO4. The summed E-state index contributed by atoms with van der Waals surface area (Å²) in [6.45, 7) is -0.488. The fraction of sp³-hybridized carbons (Fsp3) is 0.429. The van der Waals surface area contributed by atoms with Gasteiger partial charge in [-0.05, 0) is 34.7 Å². The van der Waals surface area contributed by atoms with E-state index in [1.54, 1.807) is 12.1 Å². The molecule has 0 bridgehead atoms. The smallest absolute Gasteiger partial charge is 0.164 e. The Morgan fingerprint density at radius 3 is 2.50 bits per heavy atom. The molecule has 5 heteroatoms. The maximum Gasteiger partial charge on any atom is 0.164 e. The Hall–Kier alpha value is -0.110. The highest BCUT2D eigenvalue weighted by atomic mass is 127. The van der Waals surface area contributed by atoms with E-state index in [9.17, 15) is 5.11 Å². The van der Waals surface area contributed by atoms with Crippen molar-refractivity contribution in [3.05, 3.63) is 21.7 Å². The zero-order valence-corrected chi connectivity index (χ0v) is 8.30. The Bertz CT molecular complexity index is 247. The minimum absolute atomic E-state index is 0.265. The molecule has 3 N–H and O–H groups in total. The maximum atomic E-state index is 9.30. The number of aliphatic hydroxyl groups is 3. The highest BCUT2D eigenvalue weighted by molar-refractivity contribution is 14.1. The van der Waals surface area contributed by atoms with Crippen molar-refractivity contribution in [1.29, 1.82) is 0 Å². The Morgan fingerprint density at radius 1 is 1.42 bits per heavy atom. The van der Waals surface area contributed by atoms with Gasteiger partial charge in [-0.15, -0.1) is 0 Å². The Balaban J connectivity index is 2.70. The zero-order valence-electron chi connectivity index (χ0n) is 6.14. The van der Waals surface area contributed by atoms with E-state index >= 15 is 0 Å². The number of furan rings is 1. The first kappa shape index (κ1) is 9.97. The van der Waals surface area contributed by atoms with Gasteiger partial charge < -0.3 is 19.7 Å². The summed E-state index contributed by atoms with van der Waals surface area (Å²) in [5.74, 6) is 0.265. The molecule has 0 aliphatic carbocycles. The standard InChI is InChI=1S/C7H9IO4/c8-6-2-1-5(12-6)7(11)4(10)3-9/h1-2,4,7,9-11H,3H2. The van der Waals surface area contributed by atoms with Crippen molar-refractivity contribution in [2.24, 2.45) is 0 Å². The molecule has 1 heterocycles. The molecule has 1 rings (SSSR count). The molecule has 12 heavy (non-hydrogen) atoms. The van der Waals surface area contributed by atoms with Crippen LogP contribution in [0.3, 0.4) is 0 Å². The Morgan fingerprint density at radius 2 is 2.08 bits per heavy atom. The lowest BCUT2D eigenvalue weighted by Gasteiger charge is -2.12. The molecule has 0 aliphatic rings. The van der Waals surface area contributed by atoms with Crippen LogP contribution in [-0.4, -0.2) is 28.0 Å². The second kappa shape index (κ2) is 4.22. The van der Waals surface area contributed by atoms with Crippen LogP contribution in [-0.2, 0) is 0 Å². The predicted molar refractivity (Wildman–Crippen MR) is 49.5 cm³/mol. The summed E-state index contributed by atoms with van der Waals surface area (Å²) in [4.78, 5) is 0. The van der Waals surface area contributed by atoms with Crippen molar-refractivity contribution in [2.45, 2.75) is 12.2 Å². The molecule has 1 aromatic heterocycles. The van der Waals surface area contributed by atoms with E-state index in [0.717, 1.165) is 0 Å². The van der Waals surface area contributed by atoms with Crippen molar-refractivity contribution in [2.75, 3.05) is 6.61 Å². The molecule has 0 saturated heterocycles.